The number of aliphatic hydroxyl groups excluding tert-OH is 5. The van der Waals surface area contributed by atoms with Gasteiger partial charge in [0.05, 0.1) is 50.2 Å². The summed E-state index contributed by atoms with van der Waals surface area (Å²) in [6.07, 6.45) is -3.49. The maximum absolute atomic E-state index is 14.1. The third-order valence-corrected chi connectivity index (χ3v) is 12.5. The van der Waals surface area contributed by atoms with Crippen molar-refractivity contribution in [2.45, 2.75) is 159 Å². The zero-order chi connectivity index (χ0) is 48.3. The Morgan fingerprint density at radius 2 is 1.55 bits per heavy atom. The van der Waals surface area contributed by atoms with Crippen molar-refractivity contribution in [1.29, 1.82) is 0 Å². The monoisotopic (exact) mass is 913 g/mol. The SMILES string of the molecule is COCCC[C@H]1O[C@@](O)([C@H](C)[C@H]2C[C@@H](OC)[C@@H](O)\C=C(C)/C=C(C)\C=C(\C)[C@@H](O[C@H]3O[C@H](C)[C@@H](OC)[C@H](O)[C@H]3O)[C@H](C)\C=C(CO)/C=C(OC)\C=C(\C)C(=O)O2)[C@H](OC)[C@@H](O)[C@]1(C)O. The molecule has 0 aromatic carbocycles. The summed E-state index contributed by atoms with van der Waals surface area (Å²) in [5.41, 5.74) is 0.700. The van der Waals surface area contributed by atoms with Crippen LogP contribution in [0.5, 0.6) is 0 Å². The quantitative estimate of drug-likeness (QED) is 0.104. The predicted molar refractivity (Wildman–Crippen MR) is 235 cm³/mol. The van der Waals surface area contributed by atoms with Crippen LogP contribution in [0.1, 0.15) is 74.7 Å². The van der Waals surface area contributed by atoms with E-state index in [9.17, 15) is 40.5 Å². The minimum absolute atomic E-state index is 0.0571. The average Bonchev–Trinajstić information content (AvgIpc) is 3.23. The zero-order valence-electron chi connectivity index (χ0n) is 39.8. The number of carbonyl (C=O) groups is 1. The van der Waals surface area contributed by atoms with Gasteiger partial charge < -0.3 is 78.4 Å². The Labute approximate surface area is 378 Å². The first-order valence-electron chi connectivity index (χ1n) is 21.8. The van der Waals surface area contributed by atoms with E-state index < -0.39 is 109 Å². The fraction of sp³-hybridized carbons (Fsp3) is 0.723. The van der Waals surface area contributed by atoms with Gasteiger partial charge >= 0.3 is 5.97 Å². The molecule has 16 atom stereocenters. The van der Waals surface area contributed by atoms with Crippen LogP contribution in [-0.2, 0) is 47.4 Å². The molecule has 0 amide bonds. The van der Waals surface area contributed by atoms with Crippen LogP contribution < -0.4 is 0 Å². The number of hydrogen-bond acceptors (Lipinski definition) is 17. The summed E-state index contributed by atoms with van der Waals surface area (Å²) in [6.45, 7) is 13.4. The Hall–Kier alpha value is -2.85. The van der Waals surface area contributed by atoms with E-state index in [0.717, 1.165) is 5.57 Å². The maximum atomic E-state index is 14.1. The molecule has 3 rings (SSSR count). The van der Waals surface area contributed by atoms with Gasteiger partial charge in [0, 0.05) is 53.0 Å². The number of rotatable bonds is 13. The van der Waals surface area contributed by atoms with E-state index >= 15 is 0 Å². The number of cyclic esters (lactones) is 1. The summed E-state index contributed by atoms with van der Waals surface area (Å²) >= 11 is 0. The minimum Gasteiger partial charge on any atom is -0.497 e. The first-order valence-corrected chi connectivity index (χ1v) is 21.8. The standard InChI is InChI=1S/C47H76O17/c1-25-17-26(2)19-34(49)36(58-11)23-35(30(6)47(55)43(60-13)42(52)46(8,54)37(64-47)15-14-16-56-9)62-44(53)29(5)21-33(57-10)22-32(24-48)20-28(4)40(27(3)18-25)63-45-39(51)38(50)41(59-12)31(7)61-45/h17-22,28,30-31,34-43,45,48-52,54-55H,14-16,23-24H2,1-13H3/b25-17-,26-19-,27-18-,29-21-,32-20+,33-22+/t28-,30-,31-,34+,35-,36-,37-,38-,39-,40-,41-,42-,43-,45-,46-,47+/m1/s1. The average molecular weight is 913 g/mol. The molecule has 17 heteroatoms. The van der Waals surface area contributed by atoms with Crippen molar-refractivity contribution in [3.8, 4) is 0 Å². The van der Waals surface area contributed by atoms with Crippen molar-refractivity contribution >= 4 is 5.97 Å². The van der Waals surface area contributed by atoms with Gasteiger partial charge in [-0.1, -0.05) is 49.3 Å². The molecule has 0 aromatic rings. The summed E-state index contributed by atoms with van der Waals surface area (Å²) in [5, 5.41) is 79.5. The largest absolute Gasteiger partial charge is 0.497 e. The highest BCUT2D eigenvalue weighted by atomic mass is 16.7. The third kappa shape index (κ3) is 13.6. The van der Waals surface area contributed by atoms with Crippen LogP contribution >= 0.6 is 0 Å². The summed E-state index contributed by atoms with van der Waals surface area (Å²) in [6, 6.07) is 0. The van der Waals surface area contributed by atoms with Gasteiger partial charge in [0.25, 0.3) is 0 Å². The number of carbonyl (C=O) groups excluding carboxylic acids is 1. The highest BCUT2D eigenvalue weighted by Crippen LogP contribution is 2.44. The lowest BCUT2D eigenvalue weighted by Crippen LogP contribution is -2.72. The molecule has 0 bridgehead atoms. The molecule has 0 spiro atoms. The van der Waals surface area contributed by atoms with Crippen LogP contribution in [0.2, 0.25) is 0 Å². The molecule has 2 saturated heterocycles. The summed E-state index contributed by atoms with van der Waals surface area (Å²) in [5.74, 6) is -4.66. The number of esters is 1. The molecule has 3 heterocycles. The first kappa shape index (κ1) is 55.5. The Kier molecular flexibility index (Phi) is 21.5. The molecular weight excluding hydrogens is 836 g/mol. The molecule has 366 valence electrons. The van der Waals surface area contributed by atoms with Gasteiger partial charge in [0.15, 0.2) is 6.29 Å². The number of allylic oxidation sites excluding steroid dienone is 5. The summed E-state index contributed by atoms with van der Waals surface area (Å²) in [4.78, 5) is 14.1. The fourth-order valence-electron chi connectivity index (χ4n) is 8.71. The molecule has 7 N–H and O–H groups in total. The van der Waals surface area contributed by atoms with Gasteiger partial charge in [-0.15, -0.1) is 0 Å². The van der Waals surface area contributed by atoms with Crippen LogP contribution in [0.4, 0.5) is 0 Å². The summed E-state index contributed by atoms with van der Waals surface area (Å²) < 4.78 is 52.4. The highest BCUT2D eigenvalue weighted by Gasteiger charge is 2.62. The van der Waals surface area contributed by atoms with Gasteiger partial charge in [0.2, 0.25) is 5.79 Å². The van der Waals surface area contributed by atoms with Crippen molar-refractivity contribution in [1.82, 2.24) is 0 Å². The maximum Gasteiger partial charge on any atom is 0.334 e. The first-order chi connectivity index (χ1) is 30.0. The van der Waals surface area contributed by atoms with Crippen LogP contribution in [-0.4, -0.2) is 175 Å². The second kappa shape index (κ2) is 24.8. The molecule has 0 aromatic heterocycles. The third-order valence-electron chi connectivity index (χ3n) is 12.5. The van der Waals surface area contributed by atoms with E-state index in [1.165, 1.54) is 61.5 Å². The molecule has 17 nitrogen and oxygen atoms in total. The minimum atomic E-state index is -2.34. The molecule has 64 heavy (non-hydrogen) atoms. The van der Waals surface area contributed by atoms with Gasteiger partial charge in [-0.3, -0.25) is 0 Å². The predicted octanol–water partition coefficient (Wildman–Crippen LogP) is 2.69. The van der Waals surface area contributed by atoms with E-state index in [1.54, 1.807) is 32.9 Å². The van der Waals surface area contributed by atoms with E-state index in [4.69, 9.17) is 42.6 Å². The lowest BCUT2D eigenvalue weighted by atomic mass is 9.75. The Morgan fingerprint density at radius 1 is 0.875 bits per heavy atom. The molecule has 0 aliphatic carbocycles. The van der Waals surface area contributed by atoms with Crippen molar-refractivity contribution in [3.05, 3.63) is 70.1 Å². The molecule has 0 unspecified atom stereocenters. The Bertz CT molecular complexity index is 1700. The van der Waals surface area contributed by atoms with Crippen LogP contribution in [0.25, 0.3) is 0 Å². The fourth-order valence-corrected chi connectivity index (χ4v) is 8.71. The smallest absolute Gasteiger partial charge is 0.334 e. The molecule has 0 radical (unpaired) electrons. The number of aliphatic hydroxyl groups is 7. The zero-order valence-corrected chi connectivity index (χ0v) is 39.8. The van der Waals surface area contributed by atoms with Crippen LogP contribution in [0, 0.1) is 11.8 Å². The second-order valence-electron chi connectivity index (χ2n) is 17.5. The van der Waals surface area contributed by atoms with E-state index in [0.29, 0.717) is 29.7 Å². The van der Waals surface area contributed by atoms with Crippen LogP contribution in [0.3, 0.4) is 0 Å². The number of methoxy groups -OCH3 is 5. The lowest BCUT2D eigenvalue weighted by molar-refractivity contribution is -0.393. The van der Waals surface area contributed by atoms with E-state index in [-0.39, 0.29) is 24.2 Å². The number of ether oxygens (including phenoxy) is 9. The van der Waals surface area contributed by atoms with E-state index in [1.807, 2.05) is 32.9 Å². The van der Waals surface area contributed by atoms with Crippen LogP contribution in [0.15, 0.2) is 70.1 Å². The molecule has 2 fully saturated rings. The second-order valence-corrected chi connectivity index (χ2v) is 17.5. The molecule has 0 saturated carbocycles. The normalized spacial score (nSPS) is 43.2. The van der Waals surface area contributed by atoms with Crippen molar-refractivity contribution in [2.24, 2.45) is 11.8 Å². The Morgan fingerprint density at radius 3 is 2.12 bits per heavy atom. The summed E-state index contributed by atoms with van der Waals surface area (Å²) in [7, 11) is 6.98. The van der Waals surface area contributed by atoms with Crippen molar-refractivity contribution < 1.29 is 83.2 Å². The van der Waals surface area contributed by atoms with E-state index in [2.05, 4.69) is 0 Å². The van der Waals surface area contributed by atoms with Gasteiger partial charge in [-0.25, -0.2) is 4.79 Å². The molecule has 3 aliphatic rings. The van der Waals surface area contributed by atoms with Crippen molar-refractivity contribution in [2.75, 3.05) is 48.8 Å². The highest BCUT2D eigenvalue weighted by molar-refractivity contribution is 5.88. The van der Waals surface area contributed by atoms with Gasteiger partial charge in [-0.05, 0) is 77.7 Å². The van der Waals surface area contributed by atoms with Gasteiger partial charge in [-0.2, -0.15) is 0 Å². The number of hydrogen-bond donors (Lipinski definition) is 7. The van der Waals surface area contributed by atoms with Crippen molar-refractivity contribution in [3.63, 3.8) is 0 Å². The lowest BCUT2D eigenvalue weighted by Gasteiger charge is -2.54. The van der Waals surface area contributed by atoms with Gasteiger partial charge in [0.1, 0.15) is 48.0 Å². The Balaban J connectivity index is 2.19. The topological polar surface area (TPSA) is 242 Å². The molecule has 3 aliphatic heterocycles. The molecular formula is C47H76O17.